The van der Waals surface area contributed by atoms with Gasteiger partial charge in [-0.15, -0.1) is 0 Å². The van der Waals surface area contributed by atoms with Crippen LogP contribution < -0.4 is 0 Å². The Morgan fingerprint density at radius 3 is 2.47 bits per heavy atom. The highest BCUT2D eigenvalue weighted by atomic mass is 14.1. The maximum absolute atomic E-state index is 2.33. The van der Waals surface area contributed by atoms with Crippen molar-refractivity contribution in [2.45, 2.75) is 40.0 Å². The van der Waals surface area contributed by atoms with Gasteiger partial charge in [0.25, 0.3) is 0 Å². The lowest BCUT2D eigenvalue weighted by atomic mass is 9.93. The minimum atomic E-state index is 0.759. The molecule has 0 saturated carbocycles. The average Bonchev–Trinajstić information content (AvgIpc) is 2.45. The highest BCUT2D eigenvalue weighted by molar-refractivity contribution is 5.68. The maximum Gasteiger partial charge on any atom is -0.0152 e. The third kappa shape index (κ3) is 3.70. The van der Waals surface area contributed by atoms with Gasteiger partial charge < -0.3 is 0 Å². The molecule has 0 radical (unpaired) electrons. The predicted molar refractivity (Wildman–Crippen MR) is 84.4 cm³/mol. The summed E-state index contributed by atoms with van der Waals surface area (Å²) in [6.07, 6.45) is 3.52. The first-order chi connectivity index (χ1) is 9.20. The van der Waals surface area contributed by atoms with Crippen molar-refractivity contribution in [3.05, 3.63) is 59.7 Å². The van der Waals surface area contributed by atoms with Crippen molar-refractivity contribution in [1.29, 1.82) is 0 Å². The minimum absolute atomic E-state index is 0.759. The summed E-state index contributed by atoms with van der Waals surface area (Å²) in [5.41, 5.74) is 5.65. The van der Waals surface area contributed by atoms with Crippen LogP contribution in [0.1, 0.15) is 38.3 Å². The normalized spacial score (nSPS) is 10.9. The standard InChI is InChI=1S/C19H24/c1-4-16-8-7-10-18(14-16)19-11-6-5-9-17(19)13-12-15(2)3/h5-11,14-15H,4,12-13H2,1-3H3. The lowest BCUT2D eigenvalue weighted by Crippen LogP contribution is -1.95. The Hall–Kier alpha value is -1.56. The fourth-order valence-corrected chi connectivity index (χ4v) is 2.42. The molecule has 0 amide bonds. The van der Waals surface area contributed by atoms with Gasteiger partial charge in [-0.05, 0) is 47.4 Å². The molecule has 19 heavy (non-hydrogen) atoms. The third-order valence-electron chi connectivity index (χ3n) is 3.65. The number of aryl methyl sites for hydroxylation is 2. The van der Waals surface area contributed by atoms with E-state index in [4.69, 9.17) is 0 Å². The van der Waals surface area contributed by atoms with Crippen LogP contribution in [0.25, 0.3) is 11.1 Å². The van der Waals surface area contributed by atoms with E-state index in [2.05, 4.69) is 69.3 Å². The monoisotopic (exact) mass is 252 g/mol. The van der Waals surface area contributed by atoms with Gasteiger partial charge in [0.1, 0.15) is 0 Å². The van der Waals surface area contributed by atoms with E-state index in [0.717, 1.165) is 12.3 Å². The molecule has 0 atom stereocenters. The van der Waals surface area contributed by atoms with Crippen molar-refractivity contribution in [3.63, 3.8) is 0 Å². The minimum Gasteiger partial charge on any atom is -0.0628 e. The Balaban J connectivity index is 2.32. The molecule has 2 rings (SSSR count). The Morgan fingerprint density at radius 1 is 0.947 bits per heavy atom. The lowest BCUT2D eigenvalue weighted by molar-refractivity contribution is 0.587. The molecule has 0 heteroatoms. The number of hydrogen-bond acceptors (Lipinski definition) is 0. The summed E-state index contributed by atoms with van der Waals surface area (Å²) in [4.78, 5) is 0. The summed E-state index contributed by atoms with van der Waals surface area (Å²) in [5.74, 6) is 0.759. The summed E-state index contributed by atoms with van der Waals surface area (Å²) in [5, 5.41) is 0. The van der Waals surface area contributed by atoms with Crippen LogP contribution >= 0.6 is 0 Å². The topological polar surface area (TPSA) is 0 Å². The summed E-state index contributed by atoms with van der Waals surface area (Å²) in [7, 11) is 0. The highest BCUT2D eigenvalue weighted by Crippen LogP contribution is 2.26. The second-order valence-corrected chi connectivity index (χ2v) is 5.64. The van der Waals surface area contributed by atoms with E-state index >= 15 is 0 Å². The van der Waals surface area contributed by atoms with E-state index in [9.17, 15) is 0 Å². The molecule has 0 aliphatic heterocycles. The molecule has 0 N–H and O–H groups in total. The van der Waals surface area contributed by atoms with E-state index < -0.39 is 0 Å². The number of rotatable bonds is 5. The second-order valence-electron chi connectivity index (χ2n) is 5.64. The largest absolute Gasteiger partial charge is 0.0628 e. The van der Waals surface area contributed by atoms with Gasteiger partial charge in [0.05, 0.1) is 0 Å². The van der Waals surface area contributed by atoms with Crippen molar-refractivity contribution in [2.24, 2.45) is 5.92 Å². The van der Waals surface area contributed by atoms with Crippen molar-refractivity contribution >= 4 is 0 Å². The quantitative estimate of drug-likeness (QED) is 0.658. The fourth-order valence-electron chi connectivity index (χ4n) is 2.42. The smallest absolute Gasteiger partial charge is 0.0152 e. The van der Waals surface area contributed by atoms with E-state index in [-0.39, 0.29) is 0 Å². The van der Waals surface area contributed by atoms with E-state index in [1.54, 1.807) is 0 Å². The third-order valence-corrected chi connectivity index (χ3v) is 3.65. The lowest BCUT2D eigenvalue weighted by Gasteiger charge is -2.12. The zero-order valence-electron chi connectivity index (χ0n) is 12.3. The van der Waals surface area contributed by atoms with Gasteiger partial charge >= 0.3 is 0 Å². The number of hydrogen-bond donors (Lipinski definition) is 0. The van der Waals surface area contributed by atoms with Crippen LogP contribution in [0.3, 0.4) is 0 Å². The molecule has 0 saturated heterocycles. The molecule has 0 fully saturated rings. The van der Waals surface area contributed by atoms with Gasteiger partial charge in [-0.1, -0.05) is 69.3 Å². The van der Waals surface area contributed by atoms with Crippen LogP contribution in [-0.2, 0) is 12.8 Å². The first kappa shape index (κ1) is 13.9. The van der Waals surface area contributed by atoms with Gasteiger partial charge in [0, 0.05) is 0 Å². The summed E-state index contributed by atoms with van der Waals surface area (Å²) < 4.78 is 0. The van der Waals surface area contributed by atoms with Gasteiger partial charge in [0.15, 0.2) is 0 Å². The molecule has 0 spiro atoms. The average molecular weight is 252 g/mol. The molecule has 100 valence electrons. The van der Waals surface area contributed by atoms with Crippen LogP contribution in [0.2, 0.25) is 0 Å². The molecule has 0 nitrogen and oxygen atoms in total. The molecular formula is C19H24. The van der Waals surface area contributed by atoms with Crippen LogP contribution in [-0.4, -0.2) is 0 Å². The van der Waals surface area contributed by atoms with Crippen molar-refractivity contribution < 1.29 is 0 Å². The van der Waals surface area contributed by atoms with Gasteiger partial charge in [0.2, 0.25) is 0 Å². The van der Waals surface area contributed by atoms with Crippen molar-refractivity contribution in [2.75, 3.05) is 0 Å². The Labute approximate surface area is 117 Å². The summed E-state index contributed by atoms with van der Waals surface area (Å²) >= 11 is 0. The zero-order chi connectivity index (χ0) is 13.7. The zero-order valence-corrected chi connectivity index (χ0v) is 12.3. The van der Waals surface area contributed by atoms with Gasteiger partial charge in [-0.2, -0.15) is 0 Å². The summed E-state index contributed by atoms with van der Waals surface area (Å²) in [6, 6.07) is 17.8. The van der Waals surface area contributed by atoms with Crippen LogP contribution in [0.4, 0.5) is 0 Å². The molecule has 0 unspecified atom stereocenters. The van der Waals surface area contributed by atoms with E-state index in [1.165, 1.54) is 35.1 Å². The molecule has 0 bridgehead atoms. The van der Waals surface area contributed by atoms with E-state index in [0.29, 0.717) is 0 Å². The van der Waals surface area contributed by atoms with Crippen molar-refractivity contribution in [1.82, 2.24) is 0 Å². The molecule has 2 aromatic rings. The molecule has 0 aliphatic carbocycles. The Kier molecular flexibility index (Phi) is 4.79. The predicted octanol–water partition coefficient (Wildman–Crippen LogP) is 5.50. The van der Waals surface area contributed by atoms with Gasteiger partial charge in [-0.3, -0.25) is 0 Å². The van der Waals surface area contributed by atoms with Crippen LogP contribution in [0.15, 0.2) is 48.5 Å². The SMILES string of the molecule is CCc1cccc(-c2ccccc2CCC(C)C)c1. The second kappa shape index (κ2) is 6.56. The van der Waals surface area contributed by atoms with Crippen molar-refractivity contribution in [3.8, 4) is 11.1 Å². The first-order valence-corrected chi connectivity index (χ1v) is 7.38. The Bertz CT molecular complexity index is 523. The maximum atomic E-state index is 2.33. The first-order valence-electron chi connectivity index (χ1n) is 7.38. The molecular weight excluding hydrogens is 228 g/mol. The van der Waals surface area contributed by atoms with Crippen LogP contribution in [0, 0.1) is 5.92 Å². The summed E-state index contributed by atoms with van der Waals surface area (Å²) in [6.45, 7) is 6.80. The fraction of sp³-hybridized carbons (Fsp3) is 0.368. The van der Waals surface area contributed by atoms with Gasteiger partial charge in [-0.25, -0.2) is 0 Å². The number of benzene rings is 2. The molecule has 0 heterocycles. The highest BCUT2D eigenvalue weighted by Gasteiger charge is 2.06. The Morgan fingerprint density at radius 2 is 1.74 bits per heavy atom. The molecule has 0 aromatic heterocycles. The molecule has 0 aliphatic rings. The van der Waals surface area contributed by atoms with Crippen LogP contribution in [0.5, 0.6) is 0 Å². The molecule has 2 aromatic carbocycles. The van der Waals surface area contributed by atoms with E-state index in [1.807, 2.05) is 0 Å².